The standard InChI is InChI=1S/C8H15NO2.ClH/c10-7-1-2-8(11)6-4-9-3-5(6)7;/h5-11H,1-4H2;1H/t5-,6+,7?,8?;. The molecule has 0 aromatic rings. The first kappa shape index (κ1) is 10.3. The minimum atomic E-state index is -0.182. The smallest absolute Gasteiger partial charge is 0.0585 e. The van der Waals surface area contributed by atoms with Crippen LogP contribution < -0.4 is 5.32 Å². The van der Waals surface area contributed by atoms with Gasteiger partial charge >= 0.3 is 0 Å². The molecule has 72 valence electrons. The third-order valence-electron chi connectivity index (χ3n) is 3.06. The highest BCUT2D eigenvalue weighted by Gasteiger charge is 2.40. The minimum Gasteiger partial charge on any atom is -0.393 e. The fourth-order valence-electron chi connectivity index (χ4n) is 2.33. The number of aliphatic hydroxyl groups excluding tert-OH is 2. The van der Waals surface area contributed by atoms with Crippen LogP contribution >= 0.6 is 12.4 Å². The summed E-state index contributed by atoms with van der Waals surface area (Å²) in [5.74, 6) is 0.609. The Hall–Kier alpha value is 0.170. The molecule has 3 nitrogen and oxygen atoms in total. The van der Waals surface area contributed by atoms with E-state index in [0.717, 1.165) is 25.9 Å². The van der Waals surface area contributed by atoms with E-state index in [-0.39, 0.29) is 24.6 Å². The molecule has 1 heterocycles. The second-order valence-electron chi connectivity index (χ2n) is 3.70. The van der Waals surface area contributed by atoms with Crippen molar-refractivity contribution in [2.45, 2.75) is 25.0 Å². The van der Waals surface area contributed by atoms with E-state index in [9.17, 15) is 10.2 Å². The summed E-state index contributed by atoms with van der Waals surface area (Å²) in [6, 6.07) is 0. The van der Waals surface area contributed by atoms with Crippen molar-refractivity contribution in [3.63, 3.8) is 0 Å². The monoisotopic (exact) mass is 193 g/mol. The molecule has 0 spiro atoms. The van der Waals surface area contributed by atoms with Gasteiger partial charge in [0, 0.05) is 24.9 Å². The summed E-state index contributed by atoms with van der Waals surface area (Å²) < 4.78 is 0. The van der Waals surface area contributed by atoms with Gasteiger partial charge in [0.1, 0.15) is 0 Å². The Bertz CT molecular complexity index is 140. The van der Waals surface area contributed by atoms with E-state index in [0.29, 0.717) is 11.8 Å². The fraction of sp³-hybridized carbons (Fsp3) is 1.00. The van der Waals surface area contributed by atoms with Gasteiger partial charge in [0.2, 0.25) is 0 Å². The molecule has 2 unspecified atom stereocenters. The zero-order valence-electron chi connectivity index (χ0n) is 6.94. The molecule has 1 saturated heterocycles. The Kier molecular flexibility index (Phi) is 3.35. The number of aliphatic hydroxyl groups is 2. The van der Waals surface area contributed by atoms with Crippen LogP contribution in [0.2, 0.25) is 0 Å². The van der Waals surface area contributed by atoms with Gasteiger partial charge in [-0.1, -0.05) is 0 Å². The summed E-state index contributed by atoms with van der Waals surface area (Å²) in [5.41, 5.74) is 0. The van der Waals surface area contributed by atoms with Gasteiger partial charge in [-0.05, 0) is 12.8 Å². The molecule has 4 heteroatoms. The van der Waals surface area contributed by atoms with Crippen molar-refractivity contribution in [1.82, 2.24) is 5.32 Å². The van der Waals surface area contributed by atoms with Gasteiger partial charge in [-0.2, -0.15) is 0 Å². The van der Waals surface area contributed by atoms with Gasteiger partial charge in [0.05, 0.1) is 12.2 Å². The predicted octanol–water partition coefficient (Wildman–Crippen LogP) is -0.241. The molecular weight excluding hydrogens is 178 g/mol. The summed E-state index contributed by atoms with van der Waals surface area (Å²) in [7, 11) is 0. The highest BCUT2D eigenvalue weighted by molar-refractivity contribution is 5.85. The number of hydrogen-bond donors (Lipinski definition) is 3. The number of fused-ring (bicyclic) bond motifs is 1. The van der Waals surface area contributed by atoms with Crippen molar-refractivity contribution < 1.29 is 10.2 Å². The summed E-state index contributed by atoms with van der Waals surface area (Å²) in [6.45, 7) is 1.76. The molecule has 3 N–H and O–H groups in total. The van der Waals surface area contributed by atoms with Crippen LogP contribution in [0.5, 0.6) is 0 Å². The molecule has 12 heavy (non-hydrogen) atoms. The van der Waals surface area contributed by atoms with E-state index in [4.69, 9.17) is 0 Å². The van der Waals surface area contributed by atoms with Crippen molar-refractivity contribution >= 4 is 12.4 Å². The normalized spacial score (nSPS) is 46.5. The molecule has 0 amide bonds. The van der Waals surface area contributed by atoms with Crippen LogP contribution in [0.1, 0.15) is 12.8 Å². The van der Waals surface area contributed by atoms with Crippen molar-refractivity contribution in [3.8, 4) is 0 Å². The quantitative estimate of drug-likeness (QED) is 0.498. The first-order valence-electron chi connectivity index (χ1n) is 4.36. The van der Waals surface area contributed by atoms with Crippen LogP contribution in [0.25, 0.3) is 0 Å². The van der Waals surface area contributed by atoms with Crippen molar-refractivity contribution in [2.75, 3.05) is 13.1 Å². The molecule has 2 rings (SSSR count). The summed E-state index contributed by atoms with van der Waals surface area (Å²) in [5, 5.41) is 22.3. The zero-order valence-corrected chi connectivity index (χ0v) is 7.76. The predicted molar refractivity (Wildman–Crippen MR) is 48.3 cm³/mol. The average molecular weight is 194 g/mol. The van der Waals surface area contributed by atoms with Gasteiger partial charge in [-0.25, -0.2) is 0 Å². The second-order valence-corrected chi connectivity index (χ2v) is 3.70. The highest BCUT2D eigenvalue weighted by atomic mass is 35.5. The van der Waals surface area contributed by atoms with E-state index < -0.39 is 0 Å². The van der Waals surface area contributed by atoms with Gasteiger partial charge in [-0.3, -0.25) is 0 Å². The molecule has 1 aliphatic heterocycles. The largest absolute Gasteiger partial charge is 0.393 e. The molecule has 0 bridgehead atoms. The zero-order chi connectivity index (χ0) is 7.84. The average Bonchev–Trinajstić information content (AvgIpc) is 2.45. The van der Waals surface area contributed by atoms with Gasteiger partial charge in [-0.15, -0.1) is 12.4 Å². The summed E-state index contributed by atoms with van der Waals surface area (Å²) in [6.07, 6.45) is 1.17. The Labute approximate surface area is 78.6 Å². The second kappa shape index (κ2) is 3.92. The maximum absolute atomic E-state index is 9.55. The first-order chi connectivity index (χ1) is 5.29. The van der Waals surface area contributed by atoms with Gasteiger partial charge in [0.25, 0.3) is 0 Å². The van der Waals surface area contributed by atoms with Crippen LogP contribution in [0.4, 0.5) is 0 Å². The molecule has 4 atom stereocenters. The number of nitrogens with one attached hydrogen (secondary N) is 1. The Morgan fingerprint density at radius 2 is 1.33 bits per heavy atom. The lowest BCUT2D eigenvalue weighted by atomic mass is 9.78. The maximum atomic E-state index is 9.55. The minimum absolute atomic E-state index is 0. The van der Waals surface area contributed by atoms with Gasteiger partial charge < -0.3 is 15.5 Å². The molecule has 0 radical (unpaired) electrons. The Balaban J connectivity index is 0.000000720. The highest BCUT2D eigenvalue weighted by Crippen LogP contribution is 2.32. The lowest BCUT2D eigenvalue weighted by Gasteiger charge is -2.33. The fourth-order valence-corrected chi connectivity index (χ4v) is 2.33. The van der Waals surface area contributed by atoms with Crippen molar-refractivity contribution in [1.29, 1.82) is 0 Å². The topological polar surface area (TPSA) is 52.5 Å². The Morgan fingerprint density at radius 1 is 0.917 bits per heavy atom. The molecule has 1 aliphatic carbocycles. The molecule has 2 fully saturated rings. The third kappa shape index (κ3) is 1.59. The van der Waals surface area contributed by atoms with E-state index in [1.807, 2.05) is 0 Å². The molecular formula is C8H16ClNO2. The van der Waals surface area contributed by atoms with E-state index in [1.165, 1.54) is 0 Å². The van der Waals surface area contributed by atoms with Crippen molar-refractivity contribution in [2.24, 2.45) is 11.8 Å². The molecule has 1 saturated carbocycles. The Morgan fingerprint density at radius 3 is 1.75 bits per heavy atom. The summed E-state index contributed by atoms with van der Waals surface area (Å²) in [4.78, 5) is 0. The number of hydrogen-bond acceptors (Lipinski definition) is 3. The van der Waals surface area contributed by atoms with E-state index >= 15 is 0 Å². The number of halogens is 1. The molecule has 2 aliphatic rings. The van der Waals surface area contributed by atoms with Crippen LogP contribution in [0.3, 0.4) is 0 Å². The van der Waals surface area contributed by atoms with E-state index in [1.54, 1.807) is 0 Å². The maximum Gasteiger partial charge on any atom is 0.0585 e. The van der Waals surface area contributed by atoms with Crippen LogP contribution in [0.15, 0.2) is 0 Å². The van der Waals surface area contributed by atoms with Gasteiger partial charge in [0.15, 0.2) is 0 Å². The molecule has 0 aromatic carbocycles. The van der Waals surface area contributed by atoms with Crippen LogP contribution in [-0.4, -0.2) is 35.5 Å². The number of rotatable bonds is 0. The van der Waals surface area contributed by atoms with Crippen LogP contribution in [0, 0.1) is 11.8 Å². The lowest BCUT2D eigenvalue weighted by molar-refractivity contribution is -0.0207. The molecule has 0 aromatic heterocycles. The summed E-state index contributed by atoms with van der Waals surface area (Å²) >= 11 is 0. The SMILES string of the molecule is Cl.OC1CCC(O)[C@@H]2CNC[C@H]12. The first-order valence-corrected chi connectivity index (χ1v) is 4.36. The van der Waals surface area contributed by atoms with Crippen molar-refractivity contribution in [3.05, 3.63) is 0 Å². The lowest BCUT2D eigenvalue weighted by Crippen LogP contribution is -2.39. The van der Waals surface area contributed by atoms with E-state index in [2.05, 4.69) is 5.32 Å². The van der Waals surface area contributed by atoms with Crippen LogP contribution in [-0.2, 0) is 0 Å². The third-order valence-corrected chi connectivity index (χ3v) is 3.06.